The highest BCUT2D eigenvalue weighted by molar-refractivity contribution is 5.35. The number of methoxy groups -OCH3 is 1. The van der Waals surface area contributed by atoms with Crippen molar-refractivity contribution in [1.82, 2.24) is 0 Å². The number of para-hydroxylation sites is 1. The van der Waals surface area contributed by atoms with Crippen molar-refractivity contribution in [2.75, 3.05) is 33.5 Å². The lowest BCUT2D eigenvalue weighted by Crippen LogP contribution is -2.09. The number of benzene rings is 1. The van der Waals surface area contributed by atoms with E-state index in [0.717, 1.165) is 5.56 Å². The third-order valence-electron chi connectivity index (χ3n) is 2.56. The van der Waals surface area contributed by atoms with Crippen LogP contribution in [0.15, 0.2) is 24.3 Å². The van der Waals surface area contributed by atoms with Crippen molar-refractivity contribution in [3.63, 3.8) is 0 Å². The van der Waals surface area contributed by atoms with Crippen molar-refractivity contribution >= 4 is 0 Å². The molecule has 1 aromatic rings. The molecule has 4 heteroatoms. The molecule has 1 aromatic carbocycles. The van der Waals surface area contributed by atoms with Crippen LogP contribution in [0.3, 0.4) is 0 Å². The van der Waals surface area contributed by atoms with Crippen molar-refractivity contribution in [3.05, 3.63) is 29.8 Å². The fourth-order valence-corrected chi connectivity index (χ4v) is 1.62. The van der Waals surface area contributed by atoms with Gasteiger partial charge in [-0.05, 0) is 13.0 Å². The monoisotopic (exact) mass is 254 g/mol. The Labute approximate surface area is 108 Å². The van der Waals surface area contributed by atoms with Crippen molar-refractivity contribution < 1.29 is 19.3 Å². The Morgan fingerprint density at radius 2 is 1.94 bits per heavy atom. The van der Waals surface area contributed by atoms with E-state index < -0.39 is 6.10 Å². The van der Waals surface area contributed by atoms with Crippen LogP contribution >= 0.6 is 0 Å². The number of aliphatic hydroxyl groups is 1. The van der Waals surface area contributed by atoms with Crippen molar-refractivity contribution in [2.24, 2.45) is 0 Å². The summed E-state index contributed by atoms with van der Waals surface area (Å²) < 4.78 is 15.8. The van der Waals surface area contributed by atoms with Crippen LogP contribution in [0, 0.1) is 0 Å². The highest BCUT2D eigenvalue weighted by Crippen LogP contribution is 2.27. The van der Waals surface area contributed by atoms with Crippen LogP contribution in [-0.2, 0) is 9.47 Å². The fraction of sp³-hybridized carbons (Fsp3) is 0.571. The van der Waals surface area contributed by atoms with Gasteiger partial charge in [0.1, 0.15) is 12.4 Å². The lowest BCUT2D eigenvalue weighted by molar-refractivity contribution is 0.0857. The smallest absolute Gasteiger partial charge is 0.125 e. The lowest BCUT2D eigenvalue weighted by Gasteiger charge is -2.16. The molecule has 1 N–H and O–H groups in total. The van der Waals surface area contributed by atoms with Gasteiger partial charge in [-0.1, -0.05) is 18.2 Å². The summed E-state index contributed by atoms with van der Waals surface area (Å²) in [7, 11) is 1.63. The lowest BCUT2D eigenvalue weighted by atomic mass is 10.1. The highest BCUT2D eigenvalue weighted by Gasteiger charge is 2.12. The number of ether oxygens (including phenoxy) is 3. The molecular weight excluding hydrogens is 232 g/mol. The van der Waals surface area contributed by atoms with Crippen LogP contribution in [0.25, 0.3) is 0 Å². The summed E-state index contributed by atoms with van der Waals surface area (Å²) in [6.45, 7) is 4.16. The molecule has 4 nitrogen and oxygen atoms in total. The van der Waals surface area contributed by atoms with Gasteiger partial charge in [0.15, 0.2) is 0 Å². The molecule has 1 atom stereocenters. The van der Waals surface area contributed by atoms with Gasteiger partial charge in [-0.25, -0.2) is 0 Å². The van der Waals surface area contributed by atoms with Gasteiger partial charge in [0.25, 0.3) is 0 Å². The van der Waals surface area contributed by atoms with E-state index in [-0.39, 0.29) is 0 Å². The summed E-state index contributed by atoms with van der Waals surface area (Å²) in [5.41, 5.74) is 0.799. The largest absolute Gasteiger partial charge is 0.491 e. The molecule has 1 rings (SSSR count). The zero-order chi connectivity index (χ0) is 13.2. The van der Waals surface area contributed by atoms with E-state index in [0.29, 0.717) is 38.6 Å². The van der Waals surface area contributed by atoms with Crippen LogP contribution in [0.2, 0.25) is 0 Å². The third-order valence-corrected chi connectivity index (χ3v) is 2.56. The predicted molar refractivity (Wildman–Crippen MR) is 69.9 cm³/mol. The molecular formula is C14H22O4. The molecule has 0 aromatic heterocycles. The molecule has 0 aliphatic carbocycles. The molecule has 0 aliphatic rings. The Morgan fingerprint density at radius 1 is 1.17 bits per heavy atom. The maximum atomic E-state index is 10.1. The average molecular weight is 254 g/mol. The summed E-state index contributed by atoms with van der Waals surface area (Å²) in [5, 5.41) is 10.1. The van der Waals surface area contributed by atoms with E-state index in [1.807, 2.05) is 31.2 Å². The average Bonchev–Trinajstić information content (AvgIpc) is 2.40. The minimum atomic E-state index is -0.560. The molecule has 0 radical (unpaired) electrons. The number of hydrogen-bond acceptors (Lipinski definition) is 4. The van der Waals surface area contributed by atoms with Gasteiger partial charge in [-0.3, -0.25) is 0 Å². The molecule has 18 heavy (non-hydrogen) atoms. The molecule has 0 saturated heterocycles. The second kappa shape index (κ2) is 8.91. The first-order valence-electron chi connectivity index (χ1n) is 6.26. The van der Waals surface area contributed by atoms with E-state index in [2.05, 4.69) is 0 Å². The highest BCUT2D eigenvalue weighted by atomic mass is 16.5. The van der Waals surface area contributed by atoms with Gasteiger partial charge < -0.3 is 19.3 Å². The number of rotatable bonds is 9. The standard InChI is InChI=1S/C14H22O4/c1-3-17-9-8-13(15)12-6-4-5-7-14(12)18-11-10-16-2/h4-7,13,15H,3,8-11H2,1-2H3. The molecule has 0 heterocycles. The summed E-state index contributed by atoms with van der Waals surface area (Å²) in [6.07, 6.45) is 0.00804. The molecule has 0 aliphatic heterocycles. The first-order chi connectivity index (χ1) is 8.79. The van der Waals surface area contributed by atoms with E-state index >= 15 is 0 Å². The van der Waals surface area contributed by atoms with Crippen LogP contribution in [0.4, 0.5) is 0 Å². The maximum Gasteiger partial charge on any atom is 0.125 e. The molecule has 0 fully saturated rings. The summed E-state index contributed by atoms with van der Waals surface area (Å²) in [5.74, 6) is 0.707. The maximum absolute atomic E-state index is 10.1. The summed E-state index contributed by atoms with van der Waals surface area (Å²) in [6, 6.07) is 7.51. The number of hydrogen-bond donors (Lipinski definition) is 1. The van der Waals surface area contributed by atoms with Crippen LogP contribution < -0.4 is 4.74 Å². The van der Waals surface area contributed by atoms with Crippen LogP contribution in [-0.4, -0.2) is 38.6 Å². The topological polar surface area (TPSA) is 47.9 Å². The Bertz CT molecular complexity index is 327. The van der Waals surface area contributed by atoms with Gasteiger partial charge in [0.2, 0.25) is 0 Å². The van der Waals surface area contributed by atoms with E-state index in [9.17, 15) is 5.11 Å². The fourth-order valence-electron chi connectivity index (χ4n) is 1.62. The van der Waals surface area contributed by atoms with Gasteiger partial charge in [0.05, 0.1) is 12.7 Å². The molecule has 0 spiro atoms. The van der Waals surface area contributed by atoms with Gasteiger partial charge in [0, 0.05) is 32.3 Å². The molecule has 0 bridgehead atoms. The molecule has 1 unspecified atom stereocenters. The number of aliphatic hydroxyl groups excluding tert-OH is 1. The van der Waals surface area contributed by atoms with Crippen molar-refractivity contribution in [2.45, 2.75) is 19.4 Å². The van der Waals surface area contributed by atoms with Crippen molar-refractivity contribution in [3.8, 4) is 5.75 Å². The van der Waals surface area contributed by atoms with Gasteiger partial charge >= 0.3 is 0 Å². The second-order valence-corrected chi connectivity index (χ2v) is 3.88. The predicted octanol–water partition coefficient (Wildman–Crippen LogP) is 2.17. The van der Waals surface area contributed by atoms with Crippen molar-refractivity contribution in [1.29, 1.82) is 0 Å². The molecule has 0 amide bonds. The zero-order valence-corrected chi connectivity index (χ0v) is 11.1. The summed E-state index contributed by atoms with van der Waals surface area (Å²) in [4.78, 5) is 0. The first-order valence-corrected chi connectivity index (χ1v) is 6.26. The zero-order valence-electron chi connectivity index (χ0n) is 11.1. The van der Waals surface area contributed by atoms with Crippen LogP contribution in [0.1, 0.15) is 25.0 Å². The summed E-state index contributed by atoms with van der Waals surface area (Å²) >= 11 is 0. The Morgan fingerprint density at radius 3 is 2.67 bits per heavy atom. The first kappa shape index (κ1) is 15.0. The second-order valence-electron chi connectivity index (χ2n) is 3.88. The quantitative estimate of drug-likeness (QED) is 0.686. The van der Waals surface area contributed by atoms with Crippen LogP contribution in [0.5, 0.6) is 5.75 Å². The SMILES string of the molecule is CCOCCC(O)c1ccccc1OCCOC. The minimum Gasteiger partial charge on any atom is -0.491 e. The van der Waals surface area contributed by atoms with Gasteiger partial charge in [-0.15, -0.1) is 0 Å². The third kappa shape index (κ3) is 5.04. The van der Waals surface area contributed by atoms with Gasteiger partial charge in [-0.2, -0.15) is 0 Å². The van der Waals surface area contributed by atoms with E-state index in [1.54, 1.807) is 7.11 Å². The minimum absolute atomic E-state index is 0.478. The van der Waals surface area contributed by atoms with E-state index in [1.165, 1.54) is 0 Å². The Kier molecular flexibility index (Phi) is 7.41. The van der Waals surface area contributed by atoms with E-state index in [4.69, 9.17) is 14.2 Å². The molecule has 102 valence electrons. The Balaban J connectivity index is 2.56. The normalized spacial score (nSPS) is 12.4. The Hall–Kier alpha value is -1.10. The molecule has 0 saturated carbocycles.